The van der Waals surface area contributed by atoms with E-state index in [-0.39, 0.29) is 0 Å². The molecule has 0 amide bonds. The van der Waals surface area contributed by atoms with Gasteiger partial charge in [-0.1, -0.05) is 15.9 Å². The van der Waals surface area contributed by atoms with Crippen LogP contribution in [0, 0.1) is 13.8 Å². The number of hydrogen-bond acceptors (Lipinski definition) is 1. The third kappa shape index (κ3) is 1.10. The van der Waals surface area contributed by atoms with Crippen molar-refractivity contribution in [2.75, 3.05) is 0 Å². The lowest BCUT2D eigenvalue weighted by atomic mass is 10.2. The quantitative estimate of drug-likeness (QED) is 0.637. The fourth-order valence-corrected chi connectivity index (χ4v) is 1.44. The first-order valence-corrected chi connectivity index (χ1v) is 4.34. The smallest absolute Gasteiger partial charge is 0.0761 e. The minimum absolute atomic E-state index is 0.848. The van der Waals surface area contributed by atoms with Gasteiger partial charge in [-0.25, -0.2) is 0 Å². The fourth-order valence-electron chi connectivity index (χ4n) is 0.910. The van der Waals surface area contributed by atoms with Crippen LogP contribution in [0.25, 0.3) is 0 Å². The van der Waals surface area contributed by atoms with Crippen molar-refractivity contribution in [3.05, 3.63) is 17.0 Å². The summed E-state index contributed by atoms with van der Waals surface area (Å²) >= 11 is 3.38. The molecular formula is C7H11BrN2. The Balaban J connectivity index is 3.17. The molecule has 0 aliphatic heterocycles. The summed E-state index contributed by atoms with van der Waals surface area (Å²) in [5.41, 5.74) is 3.67. The zero-order valence-corrected chi connectivity index (χ0v) is 8.07. The number of hydrogen-bond donors (Lipinski definition) is 0. The molecule has 2 nitrogen and oxygen atoms in total. The van der Waals surface area contributed by atoms with E-state index in [9.17, 15) is 0 Å². The highest BCUT2D eigenvalue weighted by Crippen LogP contribution is 2.13. The van der Waals surface area contributed by atoms with Gasteiger partial charge in [0.25, 0.3) is 0 Å². The maximum atomic E-state index is 4.30. The van der Waals surface area contributed by atoms with Gasteiger partial charge in [0.1, 0.15) is 0 Å². The molecule has 1 aromatic heterocycles. The van der Waals surface area contributed by atoms with Gasteiger partial charge < -0.3 is 0 Å². The second kappa shape index (κ2) is 2.74. The molecule has 1 aromatic rings. The normalized spacial score (nSPS) is 10.4. The van der Waals surface area contributed by atoms with Crippen LogP contribution in [0.5, 0.6) is 0 Å². The minimum Gasteiger partial charge on any atom is -0.272 e. The molecule has 56 valence electrons. The molecule has 0 radical (unpaired) electrons. The number of rotatable bonds is 1. The second-order valence-corrected chi connectivity index (χ2v) is 2.98. The largest absolute Gasteiger partial charge is 0.272 e. The van der Waals surface area contributed by atoms with E-state index in [0.717, 1.165) is 11.0 Å². The van der Waals surface area contributed by atoms with Gasteiger partial charge in [-0.2, -0.15) is 5.10 Å². The van der Waals surface area contributed by atoms with Crippen molar-refractivity contribution in [3.63, 3.8) is 0 Å². The van der Waals surface area contributed by atoms with E-state index in [2.05, 4.69) is 34.9 Å². The maximum absolute atomic E-state index is 4.30. The Morgan fingerprint density at radius 3 is 2.30 bits per heavy atom. The monoisotopic (exact) mass is 202 g/mol. The summed E-state index contributed by atoms with van der Waals surface area (Å²) in [6.07, 6.45) is 0. The Bertz CT molecular complexity index is 240. The number of halogens is 1. The molecule has 3 heteroatoms. The zero-order chi connectivity index (χ0) is 7.72. The number of alkyl halides is 1. The summed E-state index contributed by atoms with van der Waals surface area (Å²) in [7, 11) is 1.97. The van der Waals surface area contributed by atoms with Gasteiger partial charge in [-0.3, -0.25) is 4.68 Å². The van der Waals surface area contributed by atoms with Gasteiger partial charge in [-0.15, -0.1) is 0 Å². The molecule has 0 aliphatic carbocycles. The van der Waals surface area contributed by atoms with Crippen LogP contribution in [0.4, 0.5) is 0 Å². The van der Waals surface area contributed by atoms with Crippen molar-refractivity contribution >= 4 is 15.9 Å². The molecule has 0 aliphatic rings. The van der Waals surface area contributed by atoms with Crippen molar-refractivity contribution in [2.45, 2.75) is 19.2 Å². The lowest BCUT2D eigenvalue weighted by Crippen LogP contribution is -1.92. The number of aromatic nitrogens is 2. The van der Waals surface area contributed by atoms with Gasteiger partial charge in [0, 0.05) is 18.1 Å². The highest BCUT2D eigenvalue weighted by molar-refractivity contribution is 9.08. The maximum Gasteiger partial charge on any atom is 0.0761 e. The molecule has 10 heavy (non-hydrogen) atoms. The first kappa shape index (κ1) is 7.79. The zero-order valence-electron chi connectivity index (χ0n) is 6.48. The van der Waals surface area contributed by atoms with Crippen molar-refractivity contribution in [1.29, 1.82) is 0 Å². The molecule has 0 saturated carbocycles. The van der Waals surface area contributed by atoms with Gasteiger partial charge in [0.2, 0.25) is 0 Å². The minimum atomic E-state index is 0.848. The van der Waals surface area contributed by atoms with Crippen LogP contribution in [0.15, 0.2) is 0 Å². The molecule has 0 N–H and O–H groups in total. The van der Waals surface area contributed by atoms with Crippen LogP contribution in [0.1, 0.15) is 17.0 Å². The van der Waals surface area contributed by atoms with Crippen LogP contribution in [0.2, 0.25) is 0 Å². The summed E-state index contributed by atoms with van der Waals surface area (Å²) in [6.45, 7) is 4.17. The van der Waals surface area contributed by atoms with Gasteiger partial charge in [0.05, 0.1) is 5.69 Å². The SMILES string of the molecule is Cc1c(CBr)nn(C)c1C. The summed E-state index contributed by atoms with van der Waals surface area (Å²) in [6, 6.07) is 0. The third-order valence-corrected chi connectivity index (χ3v) is 2.39. The Labute approximate surface area is 69.4 Å². The van der Waals surface area contributed by atoms with E-state index >= 15 is 0 Å². The molecule has 0 spiro atoms. The Morgan fingerprint density at radius 2 is 2.10 bits per heavy atom. The molecule has 0 atom stereocenters. The molecule has 0 saturated heterocycles. The predicted octanol–water partition coefficient (Wildman–Crippen LogP) is 1.93. The van der Waals surface area contributed by atoms with E-state index in [1.54, 1.807) is 0 Å². The van der Waals surface area contributed by atoms with E-state index in [1.165, 1.54) is 11.3 Å². The second-order valence-electron chi connectivity index (χ2n) is 2.41. The third-order valence-electron chi connectivity index (χ3n) is 1.86. The first-order chi connectivity index (χ1) is 4.66. The average molecular weight is 203 g/mol. The molecule has 1 heterocycles. The lowest BCUT2D eigenvalue weighted by molar-refractivity contribution is 0.730. The summed E-state index contributed by atoms with van der Waals surface area (Å²) in [4.78, 5) is 0. The summed E-state index contributed by atoms with van der Waals surface area (Å²) in [5.74, 6) is 0. The van der Waals surface area contributed by atoms with Crippen LogP contribution >= 0.6 is 15.9 Å². The Hall–Kier alpha value is -0.310. The van der Waals surface area contributed by atoms with Gasteiger partial charge >= 0.3 is 0 Å². The molecule has 0 bridgehead atoms. The van der Waals surface area contributed by atoms with Crippen LogP contribution in [-0.4, -0.2) is 9.78 Å². The fraction of sp³-hybridized carbons (Fsp3) is 0.571. The van der Waals surface area contributed by atoms with Crippen molar-refractivity contribution < 1.29 is 0 Å². The standard InChI is InChI=1S/C7H11BrN2/c1-5-6(2)10(3)9-7(5)4-8/h4H2,1-3H3. The van der Waals surface area contributed by atoms with Crippen LogP contribution in [0.3, 0.4) is 0 Å². The highest BCUT2D eigenvalue weighted by Gasteiger charge is 2.05. The molecule has 1 rings (SSSR count). The predicted molar refractivity (Wildman–Crippen MR) is 45.3 cm³/mol. The summed E-state index contributed by atoms with van der Waals surface area (Å²) in [5, 5.41) is 5.15. The average Bonchev–Trinajstić information content (AvgIpc) is 2.17. The molecular weight excluding hydrogens is 192 g/mol. The lowest BCUT2D eigenvalue weighted by Gasteiger charge is -1.91. The molecule has 0 unspecified atom stereocenters. The van der Waals surface area contributed by atoms with E-state index in [4.69, 9.17) is 0 Å². The Kier molecular flexibility index (Phi) is 2.14. The molecule has 0 aromatic carbocycles. The van der Waals surface area contributed by atoms with E-state index < -0.39 is 0 Å². The van der Waals surface area contributed by atoms with Crippen molar-refractivity contribution in [1.82, 2.24) is 9.78 Å². The summed E-state index contributed by atoms with van der Waals surface area (Å²) < 4.78 is 1.91. The van der Waals surface area contributed by atoms with Gasteiger partial charge in [0.15, 0.2) is 0 Å². The van der Waals surface area contributed by atoms with Gasteiger partial charge in [-0.05, 0) is 19.4 Å². The van der Waals surface area contributed by atoms with E-state index in [1.807, 2.05) is 11.7 Å². The van der Waals surface area contributed by atoms with Crippen molar-refractivity contribution in [3.8, 4) is 0 Å². The first-order valence-electron chi connectivity index (χ1n) is 3.22. The van der Waals surface area contributed by atoms with Crippen molar-refractivity contribution in [2.24, 2.45) is 7.05 Å². The Morgan fingerprint density at radius 1 is 1.50 bits per heavy atom. The van der Waals surface area contributed by atoms with Crippen LogP contribution < -0.4 is 0 Å². The van der Waals surface area contributed by atoms with Crippen LogP contribution in [-0.2, 0) is 12.4 Å². The number of aryl methyl sites for hydroxylation is 1. The highest BCUT2D eigenvalue weighted by atomic mass is 79.9. The molecule has 0 fully saturated rings. The topological polar surface area (TPSA) is 17.8 Å². The number of nitrogens with zero attached hydrogens (tertiary/aromatic N) is 2. The van der Waals surface area contributed by atoms with E-state index in [0.29, 0.717) is 0 Å².